The molecular formula is C18H18N4O3. The number of hydrogen-bond acceptors (Lipinski definition) is 5. The molecule has 0 aliphatic carbocycles. The number of aliphatic hydroxyl groups is 1. The molecule has 1 atom stereocenters. The molecule has 2 aromatic heterocycles. The summed E-state index contributed by atoms with van der Waals surface area (Å²) in [5.74, 6) is -0.104. The molecule has 0 fully saturated rings. The lowest BCUT2D eigenvalue weighted by Gasteiger charge is -2.21. The molecule has 0 radical (unpaired) electrons. The quantitative estimate of drug-likeness (QED) is 0.787. The Hall–Kier alpha value is -2.93. The molecule has 0 saturated carbocycles. The highest BCUT2D eigenvalue weighted by molar-refractivity contribution is 5.92. The third kappa shape index (κ3) is 3.06. The van der Waals surface area contributed by atoms with E-state index in [9.17, 15) is 9.90 Å². The Labute approximate surface area is 144 Å². The summed E-state index contributed by atoms with van der Waals surface area (Å²) in [6, 6.07) is 13.1. The summed E-state index contributed by atoms with van der Waals surface area (Å²) in [6.07, 6.45) is 1.71. The Morgan fingerprint density at radius 2 is 2.08 bits per heavy atom. The number of carbonyl (C=O) groups is 1. The van der Waals surface area contributed by atoms with E-state index in [0.717, 1.165) is 11.3 Å². The van der Waals surface area contributed by atoms with Crippen molar-refractivity contribution < 1.29 is 14.4 Å². The molecule has 4 rings (SSSR count). The van der Waals surface area contributed by atoms with Gasteiger partial charge in [0.15, 0.2) is 0 Å². The predicted octanol–water partition coefficient (Wildman–Crippen LogP) is 1.80. The number of carbonyl (C=O) groups excluding carboxylic acids is 1. The largest absolute Gasteiger partial charge is 0.396 e. The van der Waals surface area contributed by atoms with Crippen molar-refractivity contribution in [2.45, 2.75) is 13.1 Å². The van der Waals surface area contributed by atoms with E-state index in [1.807, 2.05) is 41.1 Å². The summed E-state index contributed by atoms with van der Waals surface area (Å²) >= 11 is 0. The molecule has 1 aliphatic rings. The van der Waals surface area contributed by atoms with Crippen LogP contribution in [0, 0.1) is 5.92 Å². The Kier molecular flexibility index (Phi) is 4.07. The first-order valence-corrected chi connectivity index (χ1v) is 8.17. The van der Waals surface area contributed by atoms with E-state index < -0.39 is 0 Å². The molecule has 128 valence electrons. The van der Waals surface area contributed by atoms with Crippen LogP contribution in [0.5, 0.6) is 0 Å². The molecule has 7 heteroatoms. The molecular weight excluding hydrogens is 320 g/mol. The van der Waals surface area contributed by atoms with Crippen LogP contribution in [0.15, 0.2) is 53.2 Å². The fourth-order valence-corrected chi connectivity index (χ4v) is 3.08. The number of hydrogen-bond donors (Lipinski definition) is 1. The lowest BCUT2D eigenvalue weighted by Crippen LogP contribution is -2.34. The van der Waals surface area contributed by atoms with Crippen LogP contribution in [0.3, 0.4) is 0 Å². The first kappa shape index (κ1) is 15.6. The summed E-state index contributed by atoms with van der Waals surface area (Å²) in [5, 5.41) is 17.9. The molecule has 25 heavy (non-hydrogen) atoms. The van der Waals surface area contributed by atoms with Crippen molar-refractivity contribution in [3.63, 3.8) is 0 Å². The third-order valence-electron chi connectivity index (χ3n) is 4.40. The van der Waals surface area contributed by atoms with Gasteiger partial charge in [0.05, 0.1) is 12.2 Å². The van der Waals surface area contributed by atoms with Gasteiger partial charge in [-0.1, -0.05) is 35.5 Å². The lowest BCUT2D eigenvalue weighted by atomic mass is 10.1. The minimum absolute atomic E-state index is 0.00521. The second kappa shape index (κ2) is 6.52. The van der Waals surface area contributed by atoms with Gasteiger partial charge in [-0.3, -0.25) is 9.48 Å². The fraction of sp³-hybridized carbons (Fsp3) is 0.278. The number of amides is 1. The van der Waals surface area contributed by atoms with Crippen LogP contribution in [0.25, 0.3) is 11.3 Å². The molecule has 1 N–H and O–H groups in total. The monoisotopic (exact) mass is 338 g/mol. The van der Waals surface area contributed by atoms with Crippen molar-refractivity contribution in [2.24, 2.45) is 5.92 Å². The van der Waals surface area contributed by atoms with Crippen molar-refractivity contribution in [3.8, 4) is 11.3 Å². The van der Waals surface area contributed by atoms with E-state index >= 15 is 0 Å². The number of aliphatic hydroxyl groups excluding tert-OH is 1. The van der Waals surface area contributed by atoms with Crippen molar-refractivity contribution >= 4 is 5.91 Å². The molecule has 3 aromatic rings. The number of rotatable bonds is 3. The molecule has 0 saturated heterocycles. The summed E-state index contributed by atoms with van der Waals surface area (Å²) in [7, 11) is 0. The predicted molar refractivity (Wildman–Crippen MR) is 89.5 cm³/mol. The molecule has 1 aliphatic heterocycles. The zero-order valence-corrected chi connectivity index (χ0v) is 13.6. The van der Waals surface area contributed by atoms with Gasteiger partial charge in [-0.15, -0.1) is 0 Å². The lowest BCUT2D eigenvalue weighted by molar-refractivity contribution is 0.0653. The van der Waals surface area contributed by atoms with Crippen molar-refractivity contribution in [2.75, 3.05) is 13.2 Å². The maximum absolute atomic E-state index is 12.9. The zero-order valence-electron chi connectivity index (χ0n) is 13.6. The molecule has 3 heterocycles. The molecule has 0 spiro atoms. The van der Waals surface area contributed by atoms with Crippen LogP contribution >= 0.6 is 0 Å². The van der Waals surface area contributed by atoms with Crippen LogP contribution in [0.1, 0.15) is 16.2 Å². The summed E-state index contributed by atoms with van der Waals surface area (Å²) < 4.78 is 7.12. The average Bonchev–Trinajstić information content (AvgIpc) is 3.27. The second-order valence-electron chi connectivity index (χ2n) is 6.18. The first-order valence-electron chi connectivity index (χ1n) is 8.17. The normalized spacial score (nSPS) is 17.2. The van der Waals surface area contributed by atoms with E-state index in [1.165, 1.54) is 0 Å². The van der Waals surface area contributed by atoms with Gasteiger partial charge in [0.1, 0.15) is 5.69 Å². The Bertz CT molecular complexity index is 871. The van der Waals surface area contributed by atoms with Crippen LogP contribution in [0.4, 0.5) is 0 Å². The highest BCUT2D eigenvalue weighted by Gasteiger charge is 2.28. The van der Waals surface area contributed by atoms with E-state index in [0.29, 0.717) is 25.3 Å². The SMILES string of the molecule is O=C(c1cc(-c2ccccc2)no1)N1Cc2ccnn2CC(CO)C1. The van der Waals surface area contributed by atoms with Gasteiger partial charge < -0.3 is 14.5 Å². The van der Waals surface area contributed by atoms with Gasteiger partial charge in [0.25, 0.3) is 5.91 Å². The molecule has 7 nitrogen and oxygen atoms in total. The molecule has 1 unspecified atom stereocenters. The second-order valence-corrected chi connectivity index (χ2v) is 6.18. The third-order valence-corrected chi connectivity index (χ3v) is 4.40. The van der Waals surface area contributed by atoms with Crippen molar-refractivity contribution in [3.05, 3.63) is 60.1 Å². The van der Waals surface area contributed by atoms with Crippen molar-refractivity contribution in [1.82, 2.24) is 19.8 Å². The number of nitrogens with zero attached hydrogens (tertiary/aromatic N) is 4. The van der Waals surface area contributed by atoms with Gasteiger partial charge in [-0.25, -0.2) is 0 Å². The Morgan fingerprint density at radius 3 is 2.88 bits per heavy atom. The van der Waals surface area contributed by atoms with Crippen LogP contribution in [-0.4, -0.2) is 44.0 Å². The van der Waals surface area contributed by atoms with Gasteiger partial charge in [0, 0.05) is 43.4 Å². The van der Waals surface area contributed by atoms with E-state index in [1.54, 1.807) is 17.2 Å². The first-order chi connectivity index (χ1) is 12.2. The van der Waals surface area contributed by atoms with Crippen molar-refractivity contribution in [1.29, 1.82) is 0 Å². The zero-order chi connectivity index (χ0) is 17.2. The van der Waals surface area contributed by atoms with E-state index in [2.05, 4.69) is 10.3 Å². The van der Waals surface area contributed by atoms with E-state index in [-0.39, 0.29) is 24.2 Å². The highest BCUT2D eigenvalue weighted by atomic mass is 16.5. The van der Waals surface area contributed by atoms with Gasteiger partial charge >= 0.3 is 0 Å². The molecule has 1 amide bonds. The minimum Gasteiger partial charge on any atom is -0.396 e. The van der Waals surface area contributed by atoms with Gasteiger partial charge in [0.2, 0.25) is 5.76 Å². The Morgan fingerprint density at radius 1 is 1.24 bits per heavy atom. The van der Waals surface area contributed by atoms with Gasteiger partial charge in [-0.2, -0.15) is 5.10 Å². The van der Waals surface area contributed by atoms with Crippen LogP contribution in [-0.2, 0) is 13.1 Å². The molecule has 0 bridgehead atoms. The summed E-state index contributed by atoms with van der Waals surface area (Å²) in [5.41, 5.74) is 2.46. The van der Waals surface area contributed by atoms with Crippen LogP contribution < -0.4 is 0 Å². The highest BCUT2D eigenvalue weighted by Crippen LogP contribution is 2.22. The maximum atomic E-state index is 12.9. The fourth-order valence-electron chi connectivity index (χ4n) is 3.08. The number of fused-ring (bicyclic) bond motifs is 1. The smallest absolute Gasteiger partial charge is 0.292 e. The number of benzene rings is 1. The van der Waals surface area contributed by atoms with Gasteiger partial charge in [-0.05, 0) is 6.07 Å². The Balaban J connectivity index is 1.59. The van der Waals surface area contributed by atoms with E-state index in [4.69, 9.17) is 4.52 Å². The maximum Gasteiger partial charge on any atom is 0.292 e. The minimum atomic E-state index is -0.234. The summed E-state index contributed by atoms with van der Waals surface area (Å²) in [4.78, 5) is 14.5. The number of aromatic nitrogens is 3. The topological polar surface area (TPSA) is 84.4 Å². The standard InChI is InChI=1S/C18H18N4O3/c23-12-13-9-21(11-15-6-7-19-22(15)10-13)18(24)17-8-16(20-25-17)14-4-2-1-3-5-14/h1-8,13,23H,9-12H2. The van der Waals surface area contributed by atoms with Crippen LogP contribution in [0.2, 0.25) is 0 Å². The summed E-state index contributed by atoms with van der Waals surface area (Å²) in [6.45, 7) is 1.46. The average molecular weight is 338 g/mol. The molecule has 1 aromatic carbocycles.